The van der Waals surface area contributed by atoms with Crippen molar-refractivity contribution in [3.05, 3.63) is 77.2 Å². The Hall–Kier alpha value is -4.50. The van der Waals surface area contributed by atoms with Crippen molar-refractivity contribution in [2.75, 3.05) is 43.9 Å². The van der Waals surface area contributed by atoms with Gasteiger partial charge in [-0.15, -0.1) is 10.2 Å². The molecule has 1 aliphatic heterocycles. The first-order valence-electron chi connectivity index (χ1n) is 11.8. The standard InChI is InChI=1S/C26H26N6O5S/c1-3-37-22-6-4-5-19(16-22)7-8-20-15-21(18-27-17-20)26(34)32-13-11-31(12-14-32)24-10-9-23(28-29-24)25(33)30-38(2,35)36/h4-6,9-10,15-18H,3,11-14H2,1-2H3,(H,30,33). The average Bonchev–Trinajstić information content (AvgIpc) is 2.91. The first-order chi connectivity index (χ1) is 18.2. The molecule has 0 spiro atoms. The molecule has 1 aromatic carbocycles. The second kappa shape index (κ2) is 11.7. The highest BCUT2D eigenvalue weighted by Crippen LogP contribution is 2.16. The molecule has 0 radical (unpaired) electrons. The van der Waals surface area contributed by atoms with Gasteiger partial charge in [0, 0.05) is 49.7 Å². The number of rotatable bonds is 6. The van der Waals surface area contributed by atoms with Crippen LogP contribution in [0.1, 0.15) is 38.9 Å². The van der Waals surface area contributed by atoms with Crippen LogP contribution in [-0.4, -0.2) is 79.4 Å². The first-order valence-corrected chi connectivity index (χ1v) is 13.7. The van der Waals surface area contributed by atoms with Crippen LogP contribution in [0.3, 0.4) is 0 Å². The zero-order valence-electron chi connectivity index (χ0n) is 20.9. The van der Waals surface area contributed by atoms with E-state index in [1.165, 1.54) is 12.3 Å². The summed E-state index contributed by atoms with van der Waals surface area (Å²) in [4.78, 5) is 32.9. The topological polar surface area (TPSA) is 135 Å². The molecule has 0 saturated carbocycles. The number of aromatic nitrogens is 3. The Bertz CT molecular complexity index is 1490. The highest BCUT2D eigenvalue weighted by atomic mass is 32.2. The summed E-state index contributed by atoms with van der Waals surface area (Å²) in [6.07, 6.45) is 4.03. The highest BCUT2D eigenvalue weighted by molar-refractivity contribution is 7.89. The maximum absolute atomic E-state index is 13.1. The highest BCUT2D eigenvalue weighted by Gasteiger charge is 2.24. The molecule has 1 fully saturated rings. The van der Waals surface area contributed by atoms with Gasteiger partial charge in [0.25, 0.3) is 11.8 Å². The number of nitrogens with zero attached hydrogens (tertiary/aromatic N) is 5. The summed E-state index contributed by atoms with van der Waals surface area (Å²) in [5.41, 5.74) is 1.78. The van der Waals surface area contributed by atoms with Gasteiger partial charge in [-0.25, -0.2) is 13.1 Å². The third-order valence-corrected chi connectivity index (χ3v) is 6.09. The summed E-state index contributed by atoms with van der Waals surface area (Å²) in [7, 11) is -3.69. The molecule has 1 N–H and O–H groups in total. The lowest BCUT2D eigenvalue weighted by atomic mass is 10.1. The SMILES string of the molecule is CCOc1cccc(C#Cc2cncc(C(=O)N3CCN(c4ccc(C(=O)NS(C)(=O)=O)nn4)CC3)c2)c1. The molecule has 0 unspecified atom stereocenters. The van der Waals surface area contributed by atoms with Crippen molar-refractivity contribution in [2.45, 2.75) is 6.92 Å². The van der Waals surface area contributed by atoms with E-state index in [0.717, 1.165) is 17.6 Å². The molecule has 12 heteroatoms. The fourth-order valence-corrected chi connectivity index (χ4v) is 4.20. The predicted molar refractivity (Wildman–Crippen MR) is 140 cm³/mol. The number of ether oxygens (including phenoxy) is 1. The van der Waals surface area contributed by atoms with E-state index in [0.29, 0.717) is 49.7 Å². The average molecular weight is 535 g/mol. The monoisotopic (exact) mass is 534 g/mol. The first kappa shape index (κ1) is 26.6. The number of hydrogen-bond donors (Lipinski definition) is 1. The minimum Gasteiger partial charge on any atom is -0.494 e. The zero-order valence-corrected chi connectivity index (χ0v) is 21.7. The molecule has 38 heavy (non-hydrogen) atoms. The Labute approximate surface area is 220 Å². The molecular weight excluding hydrogens is 508 g/mol. The van der Waals surface area contributed by atoms with Crippen LogP contribution >= 0.6 is 0 Å². The molecule has 4 rings (SSSR count). The molecule has 0 aliphatic carbocycles. The lowest BCUT2D eigenvalue weighted by molar-refractivity contribution is 0.0745. The van der Waals surface area contributed by atoms with Crippen LogP contribution in [-0.2, 0) is 10.0 Å². The molecule has 1 aliphatic rings. The van der Waals surface area contributed by atoms with Gasteiger partial charge in [-0.05, 0) is 43.3 Å². The zero-order chi connectivity index (χ0) is 27.1. The van der Waals surface area contributed by atoms with Gasteiger partial charge in [0.05, 0.1) is 18.4 Å². The van der Waals surface area contributed by atoms with Crippen molar-refractivity contribution < 1.29 is 22.7 Å². The molecule has 3 aromatic rings. The number of amides is 2. The Morgan fingerprint density at radius 1 is 1.00 bits per heavy atom. The molecule has 0 bridgehead atoms. The number of carbonyl (C=O) groups excluding carboxylic acids is 2. The van der Waals surface area contributed by atoms with Crippen molar-refractivity contribution in [1.29, 1.82) is 0 Å². The second-order valence-electron chi connectivity index (χ2n) is 8.43. The van der Waals surface area contributed by atoms with Crippen molar-refractivity contribution in [3.63, 3.8) is 0 Å². The second-order valence-corrected chi connectivity index (χ2v) is 10.2. The van der Waals surface area contributed by atoms with Crippen LogP contribution in [0.2, 0.25) is 0 Å². The number of sulfonamides is 1. The van der Waals surface area contributed by atoms with Gasteiger partial charge in [-0.3, -0.25) is 14.6 Å². The number of pyridine rings is 1. The van der Waals surface area contributed by atoms with E-state index in [-0.39, 0.29) is 11.6 Å². The van der Waals surface area contributed by atoms with Crippen molar-refractivity contribution in [2.24, 2.45) is 0 Å². The minimum absolute atomic E-state index is 0.106. The molecule has 2 aromatic heterocycles. The van der Waals surface area contributed by atoms with Crippen molar-refractivity contribution in [3.8, 4) is 17.6 Å². The van der Waals surface area contributed by atoms with Gasteiger partial charge in [0.1, 0.15) is 5.75 Å². The smallest absolute Gasteiger partial charge is 0.285 e. The number of hydrogen-bond acceptors (Lipinski definition) is 9. The van der Waals surface area contributed by atoms with Crippen molar-refractivity contribution >= 4 is 27.7 Å². The van der Waals surface area contributed by atoms with Crippen LogP contribution in [0.5, 0.6) is 5.75 Å². The van der Waals surface area contributed by atoms with Gasteiger partial charge in [0.2, 0.25) is 10.0 Å². The van der Waals surface area contributed by atoms with Crippen LogP contribution in [0.4, 0.5) is 5.82 Å². The molecule has 3 heterocycles. The third kappa shape index (κ3) is 7.04. The minimum atomic E-state index is -3.69. The molecular formula is C26H26N6O5S. The maximum atomic E-state index is 13.1. The number of piperazine rings is 1. The van der Waals surface area contributed by atoms with E-state index in [1.54, 1.807) is 23.2 Å². The van der Waals surface area contributed by atoms with Gasteiger partial charge in [-0.1, -0.05) is 17.9 Å². The summed E-state index contributed by atoms with van der Waals surface area (Å²) in [6, 6.07) is 12.2. The lowest BCUT2D eigenvalue weighted by Gasteiger charge is -2.35. The van der Waals surface area contributed by atoms with Crippen LogP contribution in [0, 0.1) is 11.8 Å². The van der Waals surface area contributed by atoms with Crippen LogP contribution < -0.4 is 14.4 Å². The van der Waals surface area contributed by atoms with E-state index >= 15 is 0 Å². The van der Waals surface area contributed by atoms with Gasteiger partial charge < -0.3 is 14.5 Å². The summed E-state index contributed by atoms with van der Waals surface area (Å²) in [6.45, 7) is 4.43. The largest absolute Gasteiger partial charge is 0.494 e. The van der Waals surface area contributed by atoms with Gasteiger partial charge in [0.15, 0.2) is 11.5 Å². The maximum Gasteiger partial charge on any atom is 0.285 e. The van der Waals surface area contributed by atoms with E-state index < -0.39 is 15.9 Å². The number of benzene rings is 1. The predicted octanol–water partition coefficient (Wildman–Crippen LogP) is 1.32. The summed E-state index contributed by atoms with van der Waals surface area (Å²) >= 11 is 0. The number of anilines is 1. The fourth-order valence-electron chi connectivity index (χ4n) is 3.76. The van der Waals surface area contributed by atoms with Crippen molar-refractivity contribution in [1.82, 2.24) is 24.8 Å². The van der Waals surface area contributed by atoms with Crippen LogP contribution in [0.15, 0.2) is 54.9 Å². The summed E-state index contributed by atoms with van der Waals surface area (Å²) < 4.78 is 29.8. The summed E-state index contributed by atoms with van der Waals surface area (Å²) in [5, 5.41) is 7.86. The van der Waals surface area contributed by atoms with E-state index in [2.05, 4.69) is 27.0 Å². The Morgan fingerprint density at radius 3 is 2.45 bits per heavy atom. The number of carbonyl (C=O) groups is 2. The normalized spacial score (nSPS) is 13.3. The molecule has 1 saturated heterocycles. The molecule has 2 amide bonds. The van der Waals surface area contributed by atoms with Crippen LogP contribution in [0.25, 0.3) is 0 Å². The van der Waals surface area contributed by atoms with Gasteiger partial charge >= 0.3 is 0 Å². The quantitative estimate of drug-likeness (QED) is 0.465. The van der Waals surface area contributed by atoms with E-state index in [4.69, 9.17) is 4.74 Å². The summed E-state index contributed by atoms with van der Waals surface area (Å²) in [5.74, 6) is 6.43. The van der Waals surface area contributed by atoms with Gasteiger partial charge in [-0.2, -0.15) is 0 Å². The van der Waals surface area contributed by atoms with E-state index in [9.17, 15) is 18.0 Å². The Kier molecular flexibility index (Phi) is 8.18. The molecule has 11 nitrogen and oxygen atoms in total. The third-order valence-electron chi connectivity index (χ3n) is 5.53. The molecule has 196 valence electrons. The lowest BCUT2D eigenvalue weighted by Crippen LogP contribution is -2.49. The Morgan fingerprint density at radius 2 is 1.76 bits per heavy atom. The molecule has 0 atom stereocenters. The fraction of sp³-hybridized carbons (Fsp3) is 0.269. The number of nitrogens with one attached hydrogen (secondary N) is 1. The van der Waals surface area contributed by atoms with E-state index in [1.807, 2.05) is 40.8 Å². The Balaban J connectivity index is 1.36.